The fraction of sp³-hybridized carbons (Fsp3) is 0.588. The van der Waals surface area contributed by atoms with Crippen molar-refractivity contribution in [2.24, 2.45) is 5.92 Å². The highest BCUT2D eigenvalue weighted by Crippen LogP contribution is 2.17. The van der Waals surface area contributed by atoms with E-state index in [0.717, 1.165) is 10.0 Å². The van der Waals surface area contributed by atoms with E-state index in [-0.39, 0.29) is 24.1 Å². The predicted octanol–water partition coefficient (Wildman–Crippen LogP) is 1.80. The number of halogens is 1. The predicted molar refractivity (Wildman–Crippen MR) is 101 cm³/mol. The summed E-state index contributed by atoms with van der Waals surface area (Å²) in [5.41, 5.74) is 1.08. The third-order valence-electron chi connectivity index (χ3n) is 4.26. The van der Waals surface area contributed by atoms with Crippen LogP contribution in [0.4, 0.5) is 0 Å². The molecule has 1 aliphatic rings. The van der Waals surface area contributed by atoms with Crippen LogP contribution >= 0.6 is 15.9 Å². The Morgan fingerprint density at radius 2 is 2.08 bits per heavy atom. The first kappa shape index (κ1) is 20.4. The van der Waals surface area contributed by atoms with Crippen molar-refractivity contribution in [2.45, 2.75) is 19.8 Å². The molecule has 2 rings (SSSR count). The van der Waals surface area contributed by atoms with Crippen LogP contribution in [0.2, 0.25) is 0 Å². The lowest BCUT2D eigenvalue weighted by Gasteiger charge is -2.26. The monoisotopic (exact) mass is 432 g/mol. The molecule has 0 radical (unpaired) electrons. The number of carbonyl (C=O) groups excluding carboxylic acids is 1. The topological polar surface area (TPSA) is 75.7 Å². The Balaban J connectivity index is 1.83. The van der Waals surface area contributed by atoms with Gasteiger partial charge < -0.3 is 10.1 Å². The number of hydrogen-bond acceptors (Lipinski definition) is 4. The van der Waals surface area contributed by atoms with E-state index in [1.807, 2.05) is 31.2 Å². The lowest BCUT2D eigenvalue weighted by atomic mass is 9.96. The van der Waals surface area contributed by atoms with Crippen molar-refractivity contribution < 1.29 is 17.9 Å². The summed E-state index contributed by atoms with van der Waals surface area (Å²) in [5.74, 6) is -0.341. The van der Waals surface area contributed by atoms with E-state index >= 15 is 0 Å². The first-order chi connectivity index (χ1) is 11.9. The molecule has 8 heteroatoms. The highest BCUT2D eigenvalue weighted by Gasteiger charge is 2.24. The van der Waals surface area contributed by atoms with Gasteiger partial charge in [0.05, 0.1) is 19.0 Å². The molecule has 1 unspecified atom stereocenters. The summed E-state index contributed by atoms with van der Waals surface area (Å²) >= 11 is 3.43. The summed E-state index contributed by atoms with van der Waals surface area (Å²) in [5, 5.41) is 2.78. The maximum absolute atomic E-state index is 12.4. The molecule has 140 valence electrons. The molecule has 1 amide bonds. The summed E-state index contributed by atoms with van der Waals surface area (Å²) in [6.07, 6.45) is 1.34. The number of hydrogen-bond donors (Lipinski definition) is 1. The molecule has 0 bridgehead atoms. The molecule has 0 aliphatic carbocycles. The smallest absolute Gasteiger partial charge is 0.223 e. The van der Waals surface area contributed by atoms with Crippen LogP contribution in [-0.2, 0) is 26.0 Å². The molecule has 25 heavy (non-hydrogen) atoms. The Labute approximate surface area is 158 Å². The van der Waals surface area contributed by atoms with Crippen LogP contribution in [0, 0.1) is 5.92 Å². The lowest BCUT2D eigenvalue weighted by molar-refractivity contribution is -0.124. The molecule has 0 saturated carbocycles. The van der Waals surface area contributed by atoms with Crippen molar-refractivity contribution in [3.8, 4) is 0 Å². The summed E-state index contributed by atoms with van der Waals surface area (Å²) < 4.78 is 32.1. The molecule has 0 spiro atoms. The summed E-state index contributed by atoms with van der Waals surface area (Å²) in [6, 6.07) is 7.88. The van der Waals surface area contributed by atoms with Crippen LogP contribution in [0.5, 0.6) is 0 Å². The van der Waals surface area contributed by atoms with Gasteiger partial charge in [-0.1, -0.05) is 35.0 Å². The number of morpholine rings is 1. The molecule has 1 aromatic rings. The highest BCUT2D eigenvalue weighted by atomic mass is 79.9. The third-order valence-corrected chi connectivity index (χ3v) is 6.62. The maximum atomic E-state index is 12.4. The molecule has 1 saturated heterocycles. The standard InChI is InChI=1S/C17H25BrN2O4S/c1-2-15(12-14-4-3-5-16(18)13-14)17(21)19-6-11-25(22,23)20-7-9-24-10-8-20/h3-5,13,15H,2,6-12H2,1H3,(H,19,21). The minimum atomic E-state index is -3.34. The van der Waals surface area contributed by atoms with Crippen LogP contribution < -0.4 is 5.32 Å². The summed E-state index contributed by atoms with van der Waals surface area (Å²) in [4.78, 5) is 12.4. The van der Waals surface area contributed by atoms with Crippen molar-refractivity contribution in [1.82, 2.24) is 9.62 Å². The quantitative estimate of drug-likeness (QED) is 0.679. The average molecular weight is 433 g/mol. The van der Waals surface area contributed by atoms with Gasteiger partial charge in [0, 0.05) is 30.0 Å². The number of rotatable bonds is 8. The highest BCUT2D eigenvalue weighted by molar-refractivity contribution is 9.10. The Morgan fingerprint density at radius 1 is 1.36 bits per heavy atom. The van der Waals surface area contributed by atoms with Gasteiger partial charge in [-0.15, -0.1) is 0 Å². The van der Waals surface area contributed by atoms with Gasteiger partial charge in [0.15, 0.2) is 0 Å². The molecule has 6 nitrogen and oxygen atoms in total. The fourth-order valence-corrected chi connectivity index (χ4v) is 4.54. The molecular weight excluding hydrogens is 408 g/mol. The van der Waals surface area contributed by atoms with Crippen LogP contribution in [0.25, 0.3) is 0 Å². The van der Waals surface area contributed by atoms with Gasteiger partial charge in [0.1, 0.15) is 0 Å². The number of amides is 1. The molecule has 1 heterocycles. The SMILES string of the molecule is CCC(Cc1cccc(Br)c1)C(=O)NCCS(=O)(=O)N1CCOCC1. The number of ether oxygens (including phenoxy) is 1. The van der Waals surface area contributed by atoms with Crippen LogP contribution in [0.3, 0.4) is 0 Å². The summed E-state index contributed by atoms with van der Waals surface area (Å²) in [6.45, 7) is 3.72. The third kappa shape index (κ3) is 6.36. The van der Waals surface area contributed by atoms with Gasteiger partial charge in [-0.05, 0) is 30.5 Å². The zero-order valence-corrected chi connectivity index (χ0v) is 16.8. The minimum absolute atomic E-state index is 0.0773. The van der Waals surface area contributed by atoms with E-state index < -0.39 is 10.0 Å². The Morgan fingerprint density at radius 3 is 2.72 bits per heavy atom. The van der Waals surface area contributed by atoms with Gasteiger partial charge in [-0.3, -0.25) is 4.79 Å². The van der Waals surface area contributed by atoms with Crippen molar-refractivity contribution in [2.75, 3.05) is 38.6 Å². The number of nitrogens with one attached hydrogen (secondary N) is 1. The van der Waals surface area contributed by atoms with E-state index in [1.54, 1.807) is 0 Å². The van der Waals surface area contributed by atoms with E-state index in [4.69, 9.17) is 4.74 Å². The van der Waals surface area contributed by atoms with Crippen LogP contribution in [0.15, 0.2) is 28.7 Å². The van der Waals surface area contributed by atoms with E-state index in [9.17, 15) is 13.2 Å². The molecule has 1 aliphatic heterocycles. The summed E-state index contributed by atoms with van der Waals surface area (Å²) in [7, 11) is -3.34. The first-order valence-electron chi connectivity index (χ1n) is 8.50. The molecule has 0 aromatic heterocycles. The van der Waals surface area contributed by atoms with Gasteiger partial charge in [-0.2, -0.15) is 4.31 Å². The minimum Gasteiger partial charge on any atom is -0.379 e. The fourth-order valence-electron chi connectivity index (χ4n) is 2.77. The van der Waals surface area contributed by atoms with Gasteiger partial charge in [0.25, 0.3) is 0 Å². The van der Waals surface area contributed by atoms with Gasteiger partial charge >= 0.3 is 0 Å². The van der Waals surface area contributed by atoms with Crippen molar-refractivity contribution in [1.29, 1.82) is 0 Å². The maximum Gasteiger partial charge on any atom is 0.223 e. The average Bonchev–Trinajstić information content (AvgIpc) is 2.60. The first-order valence-corrected chi connectivity index (χ1v) is 10.9. The molecule has 1 N–H and O–H groups in total. The molecule has 1 aromatic carbocycles. The number of carbonyl (C=O) groups is 1. The normalized spacial score (nSPS) is 17.2. The largest absolute Gasteiger partial charge is 0.379 e. The van der Waals surface area contributed by atoms with Crippen molar-refractivity contribution in [3.05, 3.63) is 34.3 Å². The van der Waals surface area contributed by atoms with Crippen LogP contribution in [0.1, 0.15) is 18.9 Å². The second kappa shape index (κ2) is 9.66. The van der Waals surface area contributed by atoms with Gasteiger partial charge in [0.2, 0.25) is 15.9 Å². The van der Waals surface area contributed by atoms with E-state index in [1.165, 1.54) is 4.31 Å². The molecular formula is C17H25BrN2O4S. The Bertz CT molecular complexity index is 675. The van der Waals surface area contributed by atoms with Crippen molar-refractivity contribution in [3.63, 3.8) is 0 Å². The number of nitrogens with zero attached hydrogens (tertiary/aromatic N) is 1. The molecule has 1 fully saturated rings. The zero-order chi connectivity index (χ0) is 18.3. The number of benzene rings is 1. The Hall–Kier alpha value is -0.960. The molecule has 1 atom stereocenters. The second-order valence-electron chi connectivity index (χ2n) is 6.06. The van der Waals surface area contributed by atoms with Crippen LogP contribution in [-0.4, -0.2) is 57.2 Å². The lowest BCUT2D eigenvalue weighted by Crippen LogP contribution is -2.44. The van der Waals surface area contributed by atoms with E-state index in [0.29, 0.717) is 39.1 Å². The number of sulfonamides is 1. The zero-order valence-electron chi connectivity index (χ0n) is 14.4. The Kier molecular flexibility index (Phi) is 7.86. The van der Waals surface area contributed by atoms with E-state index in [2.05, 4.69) is 21.2 Å². The van der Waals surface area contributed by atoms with Crippen molar-refractivity contribution >= 4 is 31.9 Å². The van der Waals surface area contributed by atoms with Gasteiger partial charge in [-0.25, -0.2) is 8.42 Å². The second-order valence-corrected chi connectivity index (χ2v) is 9.06.